The molecule has 1 atom stereocenters. The van der Waals surface area contributed by atoms with Crippen LogP contribution in [0.25, 0.3) is 0 Å². The van der Waals surface area contributed by atoms with Crippen LogP contribution in [0.5, 0.6) is 0 Å². The van der Waals surface area contributed by atoms with Crippen LogP contribution in [-0.2, 0) is 4.79 Å². The van der Waals surface area contributed by atoms with Crippen molar-refractivity contribution >= 4 is 34.0 Å². The molecule has 0 rings (SSSR count). The van der Waals surface area contributed by atoms with Gasteiger partial charge in [-0.15, -0.1) is 0 Å². The highest BCUT2D eigenvalue weighted by Gasteiger charge is 1.96. The quantitative estimate of drug-likeness (QED) is 0.484. The molecule has 0 radical (unpaired) electrons. The summed E-state index contributed by atoms with van der Waals surface area (Å²) in [5.41, 5.74) is 0. The van der Waals surface area contributed by atoms with Crippen LogP contribution in [0.1, 0.15) is 0 Å². The Labute approximate surface area is 56.0 Å². The average Bonchev–Trinajstić information content (AvgIpc) is 1.68. The second-order valence-electron chi connectivity index (χ2n) is 1.11. The van der Waals surface area contributed by atoms with Gasteiger partial charge in [0.05, 0.1) is 4.83 Å². The van der Waals surface area contributed by atoms with Gasteiger partial charge in [0.15, 0.2) is 0 Å². The number of rotatable bonds is 3. The number of hydrogen-bond donors (Lipinski definition) is 0. The molecular weight excluding hydrogens is 176 g/mol. The maximum Gasteiger partial charge on any atom is 0.134 e. The lowest BCUT2D eigenvalue weighted by Gasteiger charge is -1.92. The first-order valence-electron chi connectivity index (χ1n) is 1.89. The van der Waals surface area contributed by atoms with Crippen molar-refractivity contribution in [1.82, 2.24) is 0 Å². The van der Waals surface area contributed by atoms with Crippen molar-refractivity contribution < 1.29 is 4.79 Å². The van der Waals surface area contributed by atoms with Gasteiger partial charge in [0.2, 0.25) is 0 Å². The van der Waals surface area contributed by atoms with Crippen molar-refractivity contribution in [1.29, 1.82) is 0 Å². The predicted molar refractivity (Wildman–Crippen MR) is 37.2 cm³/mol. The molecule has 0 aliphatic rings. The lowest BCUT2D eigenvalue weighted by molar-refractivity contribution is -0.107. The average molecular weight is 183 g/mol. The highest BCUT2D eigenvalue weighted by atomic mass is 79.9. The number of hydrogen-bond acceptors (Lipinski definition) is 2. The predicted octanol–water partition coefficient (Wildman–Crippen LogP) is 1.31. The van der Waals surface area contributed by atoms with E-state index in [9.17, 15) is 4.79 Å². The lowest BCUT2D eigenvalue weighted by atomic mass is 10.6. The summed E-state index contributed by atoms with van der Waals surface area (Å²) in [6, 6.07) is 0. The minimum absolute atomic E-state index is 0.0440. The van der Waals surface area contributed by atoms with Crippen LogP contribution < -0.4 is 0 Å². The minimum Gasteiger partial charge on any atom is -0.302 e. The van der Waals surface area contributed by atoms with Gasteiger partial charge in [0.1, 0.15) is 6.29 Å². The lowest BCUT2D eigenvalue weighted by Crippen LogP contribution is -2.00. The van der Waals surface area contributed by atoms with Crippen LogP contribution in [0.15, 0.2) is 0 Å². The van der Waals surface area contributed by atoms with E-state index in [-0.39, 0.29) is 4.83 Å². The van der Waals surface area contributed by atoms with E-state index in [1.165, 1.54) is 0 Å². The number of aldehydes is 1. The molecule has 0 spiro atoms. The zero-order chi connectivity index (χ0) is 5.70. The standard InChI is InChI=1S/C4H7BrOS/c1-7-3-4(5)2-6/h2,4H,3H2,1H3. The number of carbonyl (C=O) groups excluding carboxylic acids is 1. The summed E-state index contributed by atoms with van der Waals surface area (Å²) in [5, 5.41) is 0. The van der Waals surface area contributed by atoms with Gasteiger partial charge in [-0.1, -0.05) is 15.9 Å². The number of halogens is 1. The summed E-state index contributed by atoms with van der Waals surface area (Å²) in [6.45, 7) is 0. The molecule has 0 aliphatic heterocycles. The zero-order valence-corrected chi connectivity index (χ0v) is 6.46. The molecular formula is C4H7BrOS. The highest BCUT2D eigenvalue weighted by molar-refractivity contribution is 9.10. The van der Waals surface area contributed by atoms with Gasteiger partial charge in [0, 0.05) is 5.75 Å². The van der Waals surface area contributed by atoms with Gasteiger partial charge in [-0.25, -0.2) is 0 Å². The van der Waals surface area contributed by atoms with Crippen molar-refractivity contribution in [3.05, 3.63) is 0 Å². The molecule has 0 heterocycles. The van der Waals surface area contributed by atoms with Crippen LogP contribution >= 0.6 is 27.7 Å². The first-order chi connectivity index (χ1) is 3.31. The van der Waals surface area contributed by atoms with Crippen molar-refractivity contribution in [2.24, 2.45) is 0 Å². The van der Waals surface area contributed by atoms with Crippen molar-refractivity contribution in [2.45, 2.75) is 4.83 Å². The van der Waals surface area contributed by atoms with E-state index in [0.717, 1.165) is 12.0 Å². The molecule has 0 N–H and O–H groups in total. The molecule has 3 heteroatoms. The second-order valence-corrected chi connectivity index (χ2v) is 3.19. The minimum atomic E-state index is 0.0440. The van der Waals surface area contributed by atoms with Gasteiger partial charge in [-0.05, 0) is 6.26 Å². The summed E-state index contributed by atoms with van der Waals surface area (Å²) >= 11 is 4.80. The van der Waals surface area contributed by atoms with Crippen LogP contribution in [0.4, 0.5) is 0 Å². The van der Waals surface area contributed by atoms with E-state index < -0.39 is 0 Å². The first kappa shape index (κ1) is 7.50. The fourth-order valence-electron chi connectivity index (χ4n) is 0.199. The van der Waals surface area contributed by atoms with E-state index in [4.69, 9.17) is 0 Å². The summed E-state index contributed by atoms with van der Waals surface area (Å²) in [5.74, 6) is 0.865. The Hall–Kier alpha value is 0.500. The molecule has 7 heavy (non-hydrogen) atoms. The molecule has 0 aromatic carbocycles. The number of carbonyl (C=O) groups is 1. The third kappa shape index (κ3) is 4.35. The second kappa shape index (κ2) is 4.65. The van der Waals surface area contributed by atoms with Gasteiger partial charge < -0.3 is 4.79 Å². The molecule has 0 fully saturated rings. The molecule has 0 saturated heterocycles. The Balaban J connectivity index is 2.98. The molecule has 1 nitrogen and oxygen atoms in total. The molecule has 42 valence electrons. The number of thioether (sulfide) groups is 1. The maximum absolute atomic E-state index is 9.83. The van der Waals surface area contributed by atoms with E-state index in [1.54, 1.807) is 11.8 Å². The van der Waals surface area contributed by atoms with Gasteiger partial charge in [-0.3, -0.25) is 0 Å². The zero-order valence-electron chi connectivity index (χ0n) is 4.06. The summed E-state index contributed by atoms with van der Waals surface area (Å²) in [4.78, 5) is 9.88. The third-order valence-corrected chi connectivity index (χ3v) is 2.13. The van der Waals surface area contributed by atoms with Crippen LogP contribution in [0.2, 0.25) is 0 Å². The highest BCUT2D eigenvalue weighted by Crippen LogP contribution is 2.02. The molecule has 0 bridgehead atoms. The summed E-state index contributed by atoms with van der Waals surface area (Å²) < 4.78 is 0. The van der Waals surface area contributed by atoms with Crippen molar-refractivity contribution in [3.63, 3.8) is 0 Å². The Morgan fingerprint density at radius 2 is 2.57 bits per heavy atom. The fraction of sp³-hybridized carbons (Fsp3) is 0.750. The fourth-order valence-corrected chi connectivity index (χ4v) is 1.39. The van der Waals surface area contributed by atoms with Crippen LogP contribution in [0, 0.1) is 0 Å². The van der Waals surface area contributed by atoms with E-state index in [1.807, 2.05) is 6.26 Å². The molecule has 0 aromatic heterocycles. The molecule has 0 saturated carbocycles. The van der Waals surface area contributed by atoms with Gasteiger partial charge in [0.25, 0.3) is 0 Å². The monoisotopic (exact) mass is 182 g/mol. The van der Waals surface area contributed by atoms with Crippen LogP contribution in [0.3, 0.4) is 0 Å². The normalized spacial score (nSPS) is 13.4. The molecule has 0 amide bonds. The van der Waals surface area contributed by atoms with Gasteiger partial charge in [-0.2, -0.15) is 11.8 Å². The van der Waals surface area contributed by atoms with Gasteiger partial charge >= 0.3 is 0 Å². The van der Waals surface area contributed by atoms with Crippen molar-refractivity contribution in [3.8, 4) is 0 Å². The maximum atomic E-state index is 9.83. The number of alkyl halides is 1. The van der Waals surface area contributed by atoms with Crippen LogP contribution in [-0.4, -0.2) is 23.1 Å². The molecule has 1 unspecified atom stereocenters. The van der Waals surface area contributed by atoms with E-state index in [2.05, 4.69) is 15.9 Å². The topological polar surface area (TPSA) is 17.1 Å². The van der Waals surface area contributed by atoms with E-state index >= 15 is 0 Å². The SMILES string of the molecule is CSCC(Br)C=O. The first-order valence-corrected chi connectivity index (χ1v) is 4.20. The molecule has 0 aromatic rings. The smallest absolute Gasteiger partial charge is 0.134 e. The van der Waals surface area contributed by atoms with E-state index in [0.29, 0.717) is 0 Å². The Kier molecular flexibility index (Phi) is 4.99. The molecule has 0 aliphatic carbocycles. The summed E-state index contributed by atoms with van der Waals surface area (Å²) in [7, 11) is 0. The summed E-state index contributed by atoms with van der Waals surface area (Å²) in [6.07, 6.45) is 2.87. The van der Waals surface area contributed by atoms with Crippen molar-refractivity contribution in [2.75, 3.05) is 12.0 Å². The Morgan fingerprint density at radius 3 is 2.71 bits per heavy atom. The largest absolute Gasteiger partial charge is 0.302 e. The Bertz CT molecular complexity index is 57.7. The third-order valence-electron chi connectivity index (χ3n) is 0.474. The Morgan fingerprint density at radius 1 is 2.00 bits per heavy atom.